The summed E-state index contributed by atoms with van der Waals surface area (Å²) in [6.45, 7) is 9.39. The highest BCUT2D eigenvalue weighted by Gasteiger charge is 2.56. The molecule has 1 spiro atoms. The van der Waals surface area contributed by atoms with Gasteiger partial charge in [-0.1, -0.05) is 19.9 Å². The summed E-state index contributed by atoms with van der Waals surface area (Å²) >= 11 is 0. The maximum absolute atomic E-state index is 14.0. The van der Waals surface area contributed by atoms with Crippen LogP contribution in [0.5, 0.6) is 0 Å². The lowest BCUT2D eigenvalue weighted by atomic mass is 9.79. The highest BCUT2D eigenvalue weighted by atomic mass is 32.2. The Bertz CT molecular complexity index is 1090. The first-order valence-electron chi connectivity index (χ1n) is 11.6. The third-order valence-corrected chi connectivity index (χ3v) is 9.03. The largest absolute Gasteiger partial charge is 0.483 e. The van der Waals surface area contributed by atoms with Crippen LogP contribution in [0.2, 0.25) is 0 Å². The number of anilines is 1. The first-order valence-corrected chi connectivity index (χ1v) is 13.1. The number of piperidine rings is 1. The third-order valence-electron chi connectivity index (χ3n) is 6.74. The minimum Gasteiger partial charge on any atom is -0.483 e. The average molecular weight is 496 g/mol. The molecule has 2 saturated heterocycles. The number of rotatable bonds is 5. The Balaban J connectivity index is 0.00000103. The topological polar surface area (TPSA) is 104 Å². The van der Waals surface area contributed by atoms with Gasteiger partial charge in [-0.15, -0.1) is 0 Å². The van der Waals surface area contributed by atoms with Gasteiger partial charge in [0.15, 0.2) is 6.39 Å². The number of oxazole rings is 1. The van der Waals surface area contributed by atoms with E-state index in [9.17, 15) is 12.8 Å². The van der Waals surface area contributed by atoms with Crippen LogP contribution in [0, 0.1) is 11.7 Å². The van der Waals surface area contributed by atoms with Crippen LogP contribution in [0.3, 0.4) is 0 Å². The molecule has 2 fully saturated rings. The van der Waals surface area contributed by atoms with E-state index < -0.39 is 26.6 Å². The van der Waals surface area contributed by atoms with E-state index in [1.807, 2.05) is 0 Å². The molecule has 10 heteroatoms. The molecule has 8 nitrogen and oxygen atoms in total. The molecular formula is C24H34FN3O5S. The molecule has 1 aromatic carbocycles. The molecule has 3 atom stereocenters. The van der Waals surface area contributed by atoms with Gasteiger partial charge < -0.3 is 9.52 Å². The highest BCUT2D eigenvalue weighted by molar-refractivity contribution is 7.93. The molecule has 1 aromatic heterocycles. The first kappa shape index (κ1) is 26.2. The lowest BCUT2D eigenvalue weighted by Gasteiger charge is -2.47. The van der Waals surface area contributed by atoms with Crippen LogP contribution in [0.15, 0.2) is 35.1 Å². The van der Waals surface area contributed by atoms with E-state index in [-0.39, 0.29) is 12.5 Å². The molecule has 1 unspecified atom stereocenters. The number of nitrogens with zero attached hydrogens (tertiary/aromatic N) is 3. The first-order chi connectivity index (χ1) is 16.0. The minimum absolute atomic E-state index is 0.155. The number of carbonyl (C=O) groups is 1. The maximum Gasteiger partial charge on any atom is 0.290 e. The Morgan fingerprint density at radius 2 is 2.03 bits per heavy atom. The molecule has 0 saturated carbocycles. The van der Waals surface area contributed by atoms with Crippen LogP contribution < -0.4 is 4.31 Å². The fourth-order valence-electron chi connectivity index (χ4n) is 5.31. The van der Waals surface area contributed by atoms with Crippen molar-refractivity contribution in [2.45, 2.75) is 76.8 Å². The predicted molar refractivity (Wildman–Crippen MR) is 127 cm³/mol. The Hall–Kier alpha value is -2.46. The summed E-state index contributed by atoms with van der Waals surface area (Å²) in [6, 6.07) is 6.11. The van der Waals surface area contributed by atoms with Crippen molar-refractivity contribution < 1.29 is 27.1 Å². The molecular weight excluding hydrogens is 461 g/mol. The van der Waals surface area contributed by atoms with Gasteiger partial charge in [-0.3, -0.25) is 14.0 Å². The van der Waals surface area contributed by atoms with Crippen molar-refractivity contribution in [1.82, 2.24) is 9.88 Å². The smallest absolute Gasteiger partial charge is 0.290 e. The molecule has 2 aromatic rings. The highest BCUT2D eigenvalue weighted by Crippen LogP contribution is 2.48. The summed E-state index contributed by atoms with van der Waals surface area (Å²) in [6.07, 6.45) is 4.35. The molecule has 0 aliphatic carbocycles. The van der Waals surface area contributed by atoms with Crippen LogP contribution in [0.1, 0.15) is 58.4 Å². The van der Waals surface area contributed by atoms with Gasteiger partial charge >= 0.3 is 0 Å². The van der Waals surface area contributed by atoms with Gasteiger partial charge in [0.05, 0.1) is 28.7 Å². The Labute approximate surface area is 200 Å². The summed E-state index contributed by atoms with van der Waals surface area (Å²) in [5, 5.41) is 6.40. The number of carboxylic acid groups (broad SMARTS) is 1. The van der Waals surface area contributed by atoms with E-state index in [0.717, 1.165) is 24.4 Å². The van der Waals surface area contributed by atoms with E-state index in [1.165, 1.54) is 22.8 Å². The zero-order chi connectivity index (χ0) is 25.1. The summed E-state index contributed by atoms with van der Waals surface area (Å²) < 4.78 is 47.6. The van der Waals surface area contributed by atoms with Crippen LogP contribution in [-0.4, -0.2) is 53.3 Å². The Morgan fingerprint density at radius 3 is 2.65 bits per heavy atom. The van der Waals surface area contributed by atoms with Crippen molar-refractivity contribution in [2.24, 2.45) is 5.92 Å². The van der Waals surface area contributed by atoms with Gasteiger partial charge in [-0.05, 0) is 63.6 Å². The summed E-state index contributed by atoms with van der Waals surface area (Å²) in [7, 11) is -3.54. The number of halogens is 1. The minimum atomic E-state index is -3.54. The lowest BCUT2D eigenvalue weighted by Crippen LogP contribution is -2.56. The molecule has 0 radical (unpaired) electrons. The Kier molecular flexibility index (Phi) is 8.02. The molecule has 188 valence electrons. The van der Waals surface area contributed by atoms with E-state index >= 15 is 0 Å². The normalized spacial score (nSPS) is 26.5. The Morgan fingerprint density at radius 1 is 1.32 bits per heavy atom. The van der Waals surface area contributed by atoms with Crippen LogP contribution in [-0.2, 0) is 27.8 Å². The second-order valence-electron chi connectivity index (χ2n) is 9.73. The van der Waals surface area contributed by atoms with Crippen molar-refractivity contribution in [3.8, 4) is 0 Å². The van der Waals surface area contributed by atoms with Gasteiger partial charge in [0, 0.05) is 12.6 Å². The molecule has 0 bridgehead atoms. The van der Waals surface area contributed by atoms with Crippen molar-refractivity contribution in [3.63, 3.8) is 0 Å². The monoisotopic (exact) mass is 495 g/mol. The number of sulfonamides is 1. The molecule has 1 N–H and O–H groups in total. The van der Waals surface area contributed by atoms with Gasteiger partial charge in [0.1, 0.15) is 11.6 Å². The second kappa shape index (κ2) is 10.4. The third kappa shape index (κ3) is 5.27. The van der Waals surface area contributed by atoms with Crippen LogP contribution in [0.4, 0.5) is 10.1 Å². The number of aromatic nitrogens is 1. The van der Waals surface area contributed by atoms with Crippen molar-refractivity contribution in [2.75, 3.05) is 10.8 Å². The van der Waals surface area contributed by atoms with E-state index in [2.05, 4.69) is 30.7 Å². The quantitative estimate of drug-likeness (QED) is 0.624. The summed E-state index contributed by atoms with van der Waals surface area (Å²) in [5.41, 5.74) is 0.907. The van der Waals surface area contributed by atoms with Gasteiger partial charge in [-0.2, -0.15) is 0 Å². The zero-order valence-corrected chi connectivity index (χ0v) is 21.0. The number of benzene rings is 1. The van der Waals surface area contributed by atoms with E-state index in [1.54, 1.807) is 19.1 Å². The lowest BCUT2D eigenvalue weighted by molar-refractivity contribution is -0.122. The van der Waals surface area contributed by atoms with E-state index in [0.29, 0.717) is 37.4 Å². The van der Waals surface area contributed by atoms with Crippen LogP contribution >= 0.6 is 0 Å². The van der Waals surface area contributed by atoms with Gasteiger partial charge in [0.2, 0.25) is 10.0 Å². The SMILES string of the molecule is CC(C)Cc1ncoc1CN1CC[C@]2(CC(C)S(=O)(=O)N2c2cccc(F)c2)C[C@@H]1C.O=CO. The molecule has 34 heavy (non-hydrogen) atoms. The van der Waals surface area contributed by atoms with Crippen molar-refractivity contribution in [3.05, 3.63) is 47.9 Å². The van der Waals surface area contributed by atoms with Crippen molar-refractivity contribution in [1.29, 1.82) is 0 Å². The number of likely N-dealkylation sites (tertiary alicyclic amines) is 1. The molecule has 2 aliphatic heterocycles. The fourth-order valence-corrected chi connectivity index (χ4v) is 7.38. The fraction of sp³-hybridized carbons (Fsp3) is 0.583. The molecule has 3 heterocycles. The maximum atomic E-state index is 14.0. The standard InChI is InChI=1S/C23H32FN3O3S.CH2O2/c1-16(2)10-21-22(30-15-25-21)14-26-9-8-23(12-17(26)3)13-18(4)31(28,29)27(23)20-7-5-6-19(24)11-20;2-1-3/h5-7,11,15-18H,8-10,12-14H2,1-4H3;1H,(H,2,3)/t17-,18?,23+;/m0./s1. The van der Waals surface area contributed by atoms with Gasteiger partial charge in [0.25, 0.3) is 6.47 Å². The number of hydrogen-bond acceptors (Lipinski definition) is 6. The van der Waals surface area contributed by atoms with Crippen LogP contribution in [0.25, 0.3) is 0 Å². The zero-order valence-electron chi connectivity index (χ0n) is 20.1. The van der Waals surface area contributed by atoms with Crippen molar-refractivity contribution >= 4 is 22.2 Å². The summed E-state index contributed by atoms with van der Waals surface area (Å²) in [5.74, 6) is 0.970. The average Bonchev–Trinajstić information content (AvgIpc) is 3.23. The predicted octanol–water partition coefficient (Wildman–Crippen LogP) is 4.06. The van der Waals surface area contributed by atoms with Gasteiger partial charge in [-0.25, -0.2) is 17.8 Å². The molecule has 4 rings (SSSR count). The number of hydrogen-bond donors (Lipinski definition) is 1. The van der Waals surface area contributed by atoms with E-state index in [4.69, 9.17) is 14.3 Å². The summed E-state index contributed by atoms with van der Waals surface area (Å²) in [4.78, 5) is 15.1. The molecule has 2 aliphatic rings. The second-order valence-corrected chi connectivity index (χ2v) is 11.9. The molecule has 0 amide bonds.